The monoisotopic (exact) mass is 464 g/mol. The number of H-pyrrole nitrogens is 2. The Bertz CT molecular complexity index is 1390. The van der Waals surface area contributed by atoms with Gasteiger partial charge in [0, 0.05) is 40.1 Å². The third-order valence-corrected chi connectivity index (χ3v) is 6.84. The second-order valence-electron chi connectivity index (χ2n) is 9.32. The molecule has 4 aromatic rings. The summed E-state index contributed by atoms with van der Waals surface area (Å²) in [5.74, 6) is 0.736. The van der Waals surface area contributed by atoms with Gasteiger partial charge in [0.1, 0.15) is 5.69 Å². The molecule has 4 heterocycles. The molecule has 0 atom stereocenters. The van der Waals surface area contributed by atoms with E-state index in [1.54, 1.807) is 6.20 Å². The van der Waals surface area contributed by atoms with Gasteiger partial charge in [-0.1, -0.05) is 51.3 Å². The van der Waals surface area contributed by atoms with E-state index < -0.39 is 0 Å². The largest absolute Gasteiger partial charge is 0.359 e. The molecule has 0 bridgehead atoms. The van der Waals surface area contributed by atoms with Crippen LogP contribution in [-0.4, -0.2) is 25.1 Å². The standard InChI is InChI=1S/C29H32N6/c1-4-21(14-23(5-2)32-19(3)13-20-9-7-6-8-10-20)26-16-24-28(18-31-26)34-35-29(24)27-15-22-17-30-12-11-25(22)33-27/h4-5,11-12,14-18,20,32-33H,2-3,6-10,13H2,1H3,(H,34,35)/b21-4+,23-14+. The van der Waals surface area contributed by atoms with Crippen LogP contribution in [0.15, 0.2) is 79.6 Å². The van der Waals surface area contributed by atoms with Crippen LogP contribution in [0.1, 0.15) is 51.1 Å². The first-order valence-electron chi connectivity index (χ1n) is 12.4. The van der Waals surface area contributed by atoms with Crippen molar-refractivity contribution in [3.63, 3.8) is 0 Å². The number of nitrogens with one attached hydrogen (secondary N) is 3. The first kappa shape index (κ1) is 22.8. The number of hydrogen-bond donors (Lipinski definition) is 3. The van der Waals surface area contributed by atoms with E-state index in [1.807, 2.05) is 31.5 Å². The van der Waals surface area contributed by atoms with Gasteiger partial charge in [-0.05, 0) is 55.2 Å². The van der Waals surface area contributed by atoms with Crippen LogP contribution in [0, 0.1) is 5.92 Å². The average Bonchev–Trinajstić information content (AvgIpc) is 3.50. The Labute approximate surface area is 206 Å². The second-order valence-corrected chi connectivity index (χ2v) is 9.32. The molecule has 4 aromatic heterocycles. The summed E-state index contributed by atoms with van der Waals surface area (Å²) in [4.78, 5) is 12.4. The lowest BCUT2D eigenvalue weighted by Crippen LogP contribution is -2.16. The quantitative estimate of drug-likeness (QED) is 0.244. The third-order valence-electron chi connectivity index (χ3n) is 6.84. The van der Waals surface area contributed by atoms with Gasteiger partial charge in [-0.2, -0.15) is 5.10 Å². The van der Waals surface area contributed by atoms with Crippen molar-refractivity contribution in [2.24, 2.45) is 5.92 Å². The van der Waals surface area contributed by atoms with Gasteiger partial charge in [-0.15, -0.1) is 0 Å². The zero-order valence-electron chi connectivity index (χ0n) is 20.3. The SMILES string of the molecule is C=C/C(=C\C(=C/C)c1cc2c(-c3cc4cnccc4[nH]3)n[nH]c2cn1)NC(=C)CC1CCCCC1. The minimum absolute atomic E-state index is 0.736. The minimum atomic E-state index is 0.736. The van der Waals surface area contributed by atoms with Crippen LogP contribution < -0.4 is 5.32 Å². The molecular formula is C29H32N6. The number of nitrogens with zero attached hydrogens (tertiary/aromatic N) is 3. The normalized spacial score (nSPS) is 15.6. The van der Waals surface area contributed by atoms with Crippen LogP contribution in [-0.2, 0) is 0 Å². The lowest BCUT2D eigenvalue weighted by Gasteiger charge is -2.23. The van der Waals surface area contributed by atoms with E-state index in [-0.39, 0.29) is 0 Å². The highest BCUT2D eigenvalue weighted by Gasteiger charge is 2.15. The molecule has 3 N–H and O–H groups in total. The van der Waals surface area contributed by atoms with E-state index in [0.717, 1.165) is 68.2 Å². The highest BCUT2D eigenvalue weighted by Crippen LogP contribution is 2.31. The van der Waals surface area contributed by atoms with Crippen molar-refractivity contribution in [2.75, 3.05) is 0 Å². The minimum Gasteiger partial charge on any atom is -0.359 e. The zero-order chi connectivity index (χ0) is 24.2. The van der Waals surface area contributed by atoms with Crippen LogP contribution in [0.2, 0.25) is 0 Å². The molecule has 0 unspecified atom stereocenters. The summed E-state index contributed by atoms with van der Waals surface area (Å²) in [6.07, 6.45) is 19.1. The molecule has 0 aromatic carbocycles. The van der Waals surface area contributed by atoms with Crippen molar-refractivity contribution in [2.45, 2.75) is 45.4 Å². The van der Waals surface area contributed by atoms with Crippen molar-refractivity contribution in [1.29, 1.82) is 0 Å². The summed E-state index contributed by atoms with van der Waals surface area (Å²) in [6.45, 7) is 10.3. The van der Waals surface area contributed by atoms with E-state index in [0.29, 0.717) is 0 Å². The van der Waals surface area contributed by atoms with Crippen molar-refractivity contribution >= 4 is 27.4 Å². The van der Waals surface area contributed by atoms with Gasteiger partial charge in [0.15, 0.2) is 0 Å². The molecule has 0 radical (unpaired) electrons. The number of rotatable bonds is 8. The number of hydrogen-bond acceptors (Lipinski definition) is 4. The predicted molar refractivity (Wildman–Crippen MR) is 144 cm³/mol. The van der Waals surface area contributed by atoms with Gasteiger partial charge in [0.25, 0.3) is 0 Å². The molecule has 0 amide bonds. The van der Waals surface area contributed by atoms with Crippen molar-refractivity contribution in [3.05, 3.63) is 85.3 Å². The van der Waals surface area contributed by atoms with Crippen LogP contribution in [0.5, 0.6) is 0 Å². The van der Waals surface area contributed by atoms with Crippen molar-refractivity contribution in [1.82, 2.24) is 30.5 Å². The highest BCUT2D eigenvalue weighted by molar-refractivity contribution is 5.96. The number of allylic oxidation sites excluding steroid dienone is 5. The molecule has 6 heteroatoms. The fraction of sp³-hybridized carbons (Fsp3) is 0.276. The Hall–Kier alpha value is -3.93. The lowest BCUT2D eigenvalue weighted by atomic mass is 9.86. The molecular weight excluding hydrogens is 432 g/mol. The Balaban J connectivity index is 1.40. The van der Waals surface area contributed by atoms with Crippen molar-refractivity contribution < 1.29 is 0 Å². The van der Waals surface area contributed by atoms with Crippen LogP contribution >= 0.6 is 0 Å². The summed E-state index contributed by atoms with van der Waals surface area (Å²) in [6, 6.07) is 6.13. The Morgan fingerprint density at radius 2 is 2.03 bits per heavy atom. The first-order valence-corrected chi connectivity index (χ1v) is 12.4. The maximum Gasteiger partial charge on any atom is 0.116 e. The van der Waals surface area contributed by atoms with Gasteiger partial charge in [0.2, 0.25) is 0 Å². The number of aromatic amines is 2. The lowest BCUT2D eigenvalue weighted by molar-refractivity contribution is 0.353. The number of aromatic nitrogens is 5. The summed E-state index contributed by atoms with van der Waals surface area (Å²) < 4.78 is 0. The molecule has 0 spiro atoms. The van der Waals surface area contributed by atoms with Gasteiger partial charge in [-0.3, -0.25) is 15.1 Å². The smallest absolute Gasteiger partial charge is 0.116 e. The fourth-order valence-corrected chi connectivity index (χ4v) is 4.99. The van der Waals surface area contributed by atoms with Crippen LogP contribution in [0.25, 0.3) is 38.8 Å². The Morgan fingerprint density at radius 1 is 1.17 bits per heavy atom. The molecule has 1 fully saturated rings. The van der Waals surface area contributed by atoms with Gasteiger partial charge in [0.05, 0.1) is 23.1 Å². The molecule has 35 heavy (non-hydrogen) atoms. The molecule has 1 aliphatic rings. The van der Waals surface area contributed by atoms with Gasteiger partial charge < -0.3 is 10.3 Å². The molecule has 6 nitrogen and oxygen atoms in total. The van der Waals surface area contributed by atoms with Gasteiger partial charge in [-0.25, -0.2) is 0 Å². The predicted octanol–water partition coefficient (Wildman–Crippen LogP) is 7.05. The summed E-state index contributed by atoms with van der Waals surface area (Å²) in [7, 11) is 0. The average molecular weight is 465 g/mol. The van der Waals surface area contributed by atoms with E-state index in [2.05, 4.69) is 62.9 Å². The molecule has 1 aliphatic carbocycles. The molecule has 5 rings (SSSR count). The number of pyridine rings is 2. The first-order chi connectivity index (χ1) is 17.1. The highest BCUT2D eigenvalue weighted by atomic mass is 15.1. The maximum atomic E-state index is 4.70. The van der Waals surface area contributed by atoms with E-state index in [9.17, 15) is 0 Å². The summed E-state index contributed by atoms with van der Waals surface area (Å²) in [5, 5.41) is 13.2. The summed E-state index contributed by atoms with van der Waals surface area (Å²) >= 11 is 0. The number of fused-ring (bicyclic) bond motifs is 2. The Morgan fingerprint density at radius 3 is 2.80 bits per heavy atom. The maximum absolute atomic E-state index is 4.70. The van der Waals surface area contributed by atoms with Crippen molar-refractivity contribution in [3.8, 4) is 11.4 Å². The van der Waals surface area contributed by atoms with E-state index in [1.165, 1.54) is 32.1 Å². The topological polar surface area (TPSA) is 82.3 Å². The second kappa shape index (κ2) is 10.1. The molecule has 0 aliphatic heterocycles. The van der Waals surface area contributed by atoms with Crippen LogP contribution in [0.3, 0.4) is 0 Å². The van der Waals surface area contributed by atoms with E-state index in [4.69, 9.17) is 4.98 Å². The van der Waals surface area contributed by atoms with E-state index >= 15 is 0 Å². The summed E-state index contributed by atoms with van der Waals surface area (Å²) in [5.41, 5.74) is 7.59. The van der Waals surface area contributed by atoms with Gasteiger partial charge >= 0.3 is 0 Å². The molecule has 0 saturated heterocycles. The zero-order valence-corrected chi connectivity index (χ0v) is 20.3. The third kappa shape index (κ3) is 4.97. The Kier molecular flexibility index (Phi) is 6.62. The van der Waals surface area contributed by atoms with Crippen LogP contribution in [0.4, 0.5) is 0 Å². The molecule has 178 valence electrons. The molecule has 1 saturated carbocycles. The fourth-order valence-electron chi connectivity index (χ4n) is 4.99.